The van der Waals surface area contributed by atoms with E-state index in [2.05, 4.69) is 4.72 Å². The van der Waals surface area contributed by atoms with Gasteiger partial charge in [-0.05, 0) is 41.5 Å². The summed E-state index contributed by atoms with van der Waals surface area (Å²) in [7, 11) is -3.51. The third kappa shape index (κ3) is 5.23. The zero-order valence-electron chi connectivity index (χ0n) is 11.2. The van der Waals surface area contributed by atoms with Crippen LogP contribution in [0.1, 0.15) is 11.1 Å². The Morgan fingerprint density at radius 3 is 2.52 bits per heavy atom. The zero-order chi connectivity index (χ0) is 15.3. The van der Waals surface area contributed by atoms with Crippen LogP contribution in [0.5, 0.6) is 0 Å². The molecule has 0 radical (unpaired) electrons. The molecule has 2 aromatic carbocycles. The van der Waals surface area contributed by atoms with Gasteiger partial charge in [-0.15, -0.1) is 0 Å². The first-order chi connectivity index (χ1) is 9.94. The average molecular weight is 323 g/mol. The Morgan fingerprint density at radius 2 is 1.86 bits per heavy atom. The standard InChI is InChI=1S/C15H15ClN2O2S/c16-14-6-4-12(5-7-14)8-9-21(19,20)18-11-13-2-1-3-15(17)10-13/h1-10,18H,11,17H2/b9-8+. The molecule has 0 aliphatic heterocycles. The molecule has 0 saturated heterocycles. The molecule has 0 aromatic heterocycles. The van der Waals surface area contributed by atoms with Crippen molar-refractivity contribution in [3.8, 4) is 0 Å². The van der Waals surface area contributed by atoms with Crippen LogP contribution in [0.4, 0.5) is 5.69 Å². The molecule has 0 amide bonds. The molecule has 2 rings (SSSR count). The third-order valence-electron chi connectivity index (χ3n) is 2.74. The second kappa shape index (κ2) is 6.76. The highest BCUT2D eigenvalue weighted by Gasteiger charge is 2.05. The molecule has 110 valence electrons. The molecular formula is C15H15ClN2O2S. The fourth-order valence-electron chi connectivity index (χ4n) is 1.68. The zero-order valence-corrected chi connectivity index (χ0v) is 12.7. The molecular weight excluding hydrogens is 308 g/mol. The van der Waals surface area contributed by atoms with Crippen molar-refractivity contribution in [3.05, 3.63) is 70.1 Å². The summed E-state index contributed by atoms with van der Waals surface area (Å²) >= 11 is 5.77. The average Bonchev–Trinajstić information content (AvgIpc) is 2.45. The Morgan fingerprint density at radius 1 is 1.14 bits per heavy atom. The van der Waals surface area contributed by atoms with Crippen LogP contribution >= 0.6 is 11.6 Å². The number of rotatable bonds is 5. The van der Waals surface area contributed by atoms with E-state index in [9.17, 15) is 8.42 Å². The molecule has 3 N–H and O–H groups in total. The van der Waals surface area contributed by atoms with Crippen molar-refractivity contribution in [1.29, 1.82) is 0 Å². The molecule has 0 unspecified atom stereocenters. The largest absolute Gasteiger partial charge is 0.399 e. The summed E-state index contributed by atoms with van der Waals surface area (Å²) in [5.41, 5.74) is 7.81. The van der Waals surface area contributed by atoms with Gasteiger partial charge in [0.1, 0.15) is 0 Å². The number of hydrogen-bond acceptors (Lipinski definition) is 3. The Labute approximate surface area is 129 Å². The predicted molar refractivity (Wildman–Crippen MR) is 87.1 cm³/mol. The summed E-state index contributed by atoms with van der Waals surface area (Å²) in [6.45, 7) is 0.193. The minimum absolute atomic E-state index is 0.193. The smallest absolute Gasteiger partial charge is 0.234 e. The summed E-state index contributed by atoms with van der Waals surface area (Å²) in [6.07, 6.45) is 1.51. The second-order valence-electron chi connectivity index (χ2n) is 4.47. The van der Waals surface area contributed by atoms with Crippen molar-refractivity contribution in [2.45, 2.75) is 6.54 Å². The van der Waals surface area contributed by atoms with E-state index in [-0.39, 0.29) is 6.54 Å². The number of nitrogen functional groups attached to an aromatic ring is 1. The van der Waals surface area contributed by atoms with Gasteiger partial charge in [-0.2, -0.15) is 0 Å². The molecule has 0 bridgehead atoms. The van der Waals surface area contributed by atoms with Crippen molar-refractivity contribution in [2.75, 3.05) is 5.73 Å². The predicted octanol–water partition coefficient (Wildman–Crippen LogP) is 3.01. The molecule has 0 spiro atoms. The highest BCUT2D eigenvalue weighted by atomic mass is 35.5. The van der Waals surface area contributed by atoms with Gasteiger partial charge in [-0.3, -0.25) is 0 Å². The maximum absolute atomic E-state index is 11.9. The maximum atomic E-state index is 11.9. The number of nitrogens with one attached hydrogen (secondary N) is 1. The molecule has 0 heterocycles. The van der Waals surface area contributed by atoms with Gasteiger partial charge >= 0.3 is 0 Å². The van der Waals surface area contributed by atoms with Gasteiger partial charge in [0, 0.05) is 22.7 Å². The molecule has 2 aromatic rings. The van der Waals surface area contributed by atoms with E-state index < -0.39 is 10.0 Å². The van der Waals surface area contributed by atoms with Crippen molar-refractivity contribution < 1.29 is 8.42 Å². The fourth-order valence-corrected chi connectivity index (χ4v) is 2.60. The number of halogens is 1. The lowest BCUT2D eigenvalue weighted by atomic mass is 10.2. The molecule has 0 fully saturated rings. The van der Waals surface area contributed by atoms with E-state index in [0.29, 0.717) is 10.7 Å². The van der Waals surface area contributed by atoms with Crippen molar-refractivity contribution in [2.24, 2.45) is 0 Å². The van der Waals surface area contributed by atoms with Crippen LogP contribution < -0.4 is 10.5 Å². The highest BCUT2D eigenvalue weighted by molar-refractivity contribution is 7.92. The van der Waals surface area contributed by atoms with Gasteiger partial charge in [-0.1, -0.05) is 35.9 Å². The number of anilines is 1. The minimum Gasteiger partial charge on any atom is -0.399 e. The number of benzene rings is 2. The molecule has 0 atom stereocenters. The van der Waals surface area contributed by atoms with Crippen molar-refractivity contribution in [3.63, 3.8) is 0 Å². The third-order valence-corrected chi connectivity index (χ3v) is 4.03. The lowest BCUT2D eigenvalue weighted by molar-refractivity contribution is 0.591. The molecule has 0 aliphatic rings. The van der Waals surface area contributed by atoms with Crippen LogP contribution in [0, 0.1) is 0 Å². The number of nitrogens with two attached hydrogens (primary N) is 1. The summed E-state index contributed by atoms with van der Waals surface area (Å²) in [5.74, 6) is 0. The van der Waals surface area contributed by atoms with Gasteiger partial charge < -0.3 is 5.73 Å². The van der Waals surface area contributed by atoms with E-state index in [4.69, 9.17) is 17.3 Å². The SMILES string of the molecule is Nc1cccc(CNS(=O)(=O)/C=C/c2ccc(Cl)cc2)c1. The Balaban J connectivity index is 2.00. The van der Waals surface area contributed by atoms with Gasteiger partial charge in [0.25, 0.3) is 0 Å². The van der Waals surface area contributed by atoms with E-state index >= 15 is 0 Å². The van der Waals surface area contributed by atoms with Crippen LogP contribution in [-0.4, -0.2) is 8.42 Å². The van der Waals surface area contributed by atoms with Crippen LogP contribution in [0.2, 0.25) is 5.02 Å². The Hall–Kier alpha value is -1.82. The maximum Gasteiger partial charge on any atom is 0.234 e. The molecule has 6 heteroatoms. The summed E-state index contributed by atoms with van der Waals surface area (Å²) < 4.78 is 26.2. The van der Waals surface area contributed by atoms with Gasteiger partial charge in [0.15, 0.2) is 0 Å². The highest BCUT2D eigenvalue weighted by Crippen LogP contribution is 2.11. The lowest BCUT2D eigenvalue weighted by Crippen LogP contribution is -2.20. The molecule has 4 nitrogen and oxygen atoms in total. The quantitative estimate of drug-likeness (QED) is 0.831. The van der Waals surface area contributed by atoms with E-state index in [1.807, 2.05) is 6.07 Å². The van der Waals surface area contributed by atoms with Gasteiger partial charge in [0.05, 0.1) is 0 Å². The lowest BCUT2D eigenvalue weighted by Gasteiger charge is -2.04. The van der Waals surface area contributed by atoms with Crippen LogP contribution in [0.25, 0.3) is 6.08 Å². The van der Waals surface area contributed by atoms with E-state index in [0.717, 1.165) is 16.5 Å². The first-order valence-electron chi connectivity index (χ1n) is 6.22. The normalized spacial score (nSPS) is 11.9. The molecule has 0 aliphatic carbocycles. The Bertz CT molecular complexity index is 741. The summed E-state index contributed by atoms with van der Waals surface area (Å²) in [4.78, 5) is 0. The van der Waals surface area contributed by atoms with Crippen molar-refractivity contribution >= 4 is 33.4 Å². The molecule has 0 saturated carbocycles. The summed E-state index contributed by atoms with van der Waals surface area (Å²) in [5, 5.41) is 1.73. The second-order valence-corrected chi connectivity index (χ2v) is 6.55. The Kier molecular flexibility index (Phi) is 5.01. The van der Waals surface area contributed by atoms with E-state index in [1.54, 1.807) is 42.5 Å². The van der Waals surface area contributed by atoms with Gasteiger partial charge in [-0.25, -0.2) is 13.1 Å². The first kappa shape index (κ1) is 15.6. The van der Waals surface area contributed by atoms with Crippen LogP contribution in [0.3, 0.4) is 0 Å². The first-order valence-corrected chi connectivity index (χ1v) is 8.15. The number of hydrogen-bond donors (Lipinski definition) is 2. The number of sulfonamides is 1. The monoisotopic (exact) mass is 322 g/mol. The topological polar surface area (TPSA) is 72.2 Å². The van der Waals surface area contributed by atoms with Gasteiger partial charge in [0.2, 0.25) is 10.0 Å². The summed E-state index contributed by atoms with van der Waals surface area (Å²) in [6, 6.07) is 14.0. The fraction of sp³-hybridized carbons (Fsp3) is 0.0667. The van der Waals surface area contributed by atoms with Crippen LogP contribution in [-0.2, 0) is 16.6 Å². The van der Waals surface area contributed by atoms with Crippen molar-refractivity contribution in [1.82, 2.24) is 4.72 Å². The minimum atomic E-state index is -3.51. The van der Waals surface area contributed by atoms with Crippen LogP contribution in [0.15, 0.2) is 53.9 Å². The van der Waals surface area contributed by atoms with E-state index in [1.165, 1.54) is 6.08 Å². The molecule has 21 heavy (non-hydrogen) atoms.